The molecule has 1 aromatic heterocycles. The molecular formula is C16H21ClN2O3. The van der Waals surface area contributed by atoms with Crippen LogP contribution in [0.3, 0.4) is 0 Å². The van der Waals surface area contributed by atoms with Gasteiger partial charge in [-0.2, -0.15) is 0 Å². The molecule has 0 aliphatic heterocycles. The van der Waals surface area contributed by atoms with Crippen molar-refractivity contribution < 1.29 is 13.9 Å². The molecule has 2 aromatic rings. The van der Waals surface area contributed by atoms with Crippen LogP contribution in [0.2, 0.25) is 0 Å². The molecular weight excluding hydrogens is 304 g/mol. The zero-order valence-corrected chi connectivity index (χ0v) is 13.3. The van der Waals surface area contributed by atoms with Crippen molar-refractivity contribution in [3.8, 4) is 5.75 Å². The molecule has 0 spiro atoms. The van der Waals surface area contributed by atoms with Crippen LogP contribution in [0.25, 0.3) is 0 Å². The maximum absolute atomic E-state index is 12.0. The van der Waals surface area contributed by atoms with Crippen LogP contribution in [-0.2, 0) is 6.61 Å². The summed E-state index contributed by atoms with van der Waals surface area (Å²) in [6.07, 6.45) is 2.21. The molecule has 120 valence electrons. The second kappa shape index (κ2) is 9.12. The third kappa shape index (κ3) is 5.42. The molecule has 0 aliphatic rings. The van der Waals surface area contributed by atoms with Gasteiger partial charge in [-0.15, -0.1) is 12.4 Å². The Morgan fingerprint density at radius 1 is 1.32 bits per heavy atom. The summed E-state index contributed by atoms with van der Waals surface area (Å²) in [4.78, 5) is 12.0. The highest BCUT2D eigenvalue weighted by atomic mass is 35.5. The van der Waals surface area contributed by atoms with Crippen LogP contribution in [0.15, 0.2) is 47.1 Å². The van der Waals surface area contributed by atoms with Gasteiger partial charge in [-0.1, -0.05) is 18.2 Å². The molecule has 1 atom stereocenters. The Hall–Kier alpha value is -1.98. The monoisotopic (exact) mass is 324 g/mol. The molecule has 3 N–H and O–H groups in total. The first kappa shape index (κ1) is 18.1. The fourth-order valence-electron chi connectivity index (χ4n) is 1.82. The summed E-state index contributed by atoms with van der Waals surface area (Å²) in [6, 6.07) is 11.2. The van der Waals surface area contributed by atoms with Crippen molar-refractivity contribution in [3.63, 3.8) is 0 Å². The van der Waals surface area contributed by atoms with Gasteiger partial charge in [0, 0.05) is 18.2 Å². The van der Waals surface area contributed by atoms with Gasteiger partial charge in [-0.25, -0.2) is 0 Å². The maximum Gasteiger partial charge on any atom is 0.287 e. The Bertz CT molecular complexity index is 570. The van der Waals surface area contributed by atoms with Gasteiger partial charge in [0.2, 0.25) is 0 Å². The number of halogens is 1. The number of para-hydroxylation sites is 1. The fraction of sp³-hybridized carbons (Fsp3) is 0.312. The van der Waals surface area contributed by atoms with Crippen molar-refractivity contribution in [1.82, 2.24) is 5.32 Å². The van der Waals surface area contributed by atoms with Crippen molar-refractivity contribution in [2.45, 2.75) is 26.0 Å². The van der Waals surface area contributed by atoms with Gasteiger partial charge in [0.05, 0.1) is 6.26 Å². The summed E-state index contributed by atoms with van der Waals surface area (Å²) in [6.45, 7) is 2.71. The van der Waals surface area contributed by atoms with Crippen molar-refractivity contribution in [1.29, 1.82) is 0 Å². The molecule has 6 heteroatoms. The molecule has 0 radical (unpaired) electrons. The van der Waals surface area contributed by atoms with E-state index in [2.05, 4.69) is 5.32 Å². The minimum atomic E-state index is -0.243. The Balaban J connectivity index is 0.00000242. The van der Waals surface area contributed by atoms with E-state index in [1.807, 2.05) is 37.3 Å². The van der Waals surface area contributed by atoms with Crippen LogP contribution in [-0.4, -0.2) is 18.5 Å². The summed E-state index contributed by atoms with van der Waals surface area (Å²) in [5.74, 6) is 0.796. The average Bonchev–Trinajstić information content (AvgIpc) is 2.94. The third-order valence-corrected chi connectivity index (χ3v) is 2.98. The molecule has 1 amide bonds. The first-order valence-corrected chi connectivity index (χ1v) is 6.95. The van der Waals surface area contributed by atoms with Gasteiger partial charge < -0.3 is 20.2 Å². The first-order valence-electron chi connectivity index (χ1n) is 6.95. The molecule has 22 heavy (non-hydrogen) atoms. The predicted molar refractivity (Wildman–Crippen MR) is 87.3 cm³/mol. The number of hydrogen-bond acceptors (Lipinski definition) is 4. The fourth-order valence-corrected chi connectivity index (χ4v) is 1.82. The number of amides is 1. The van der Waals surface area contributed by atoms with E-state index in [4.69, 9.17) is 14.9 Å². The number of carbonyl (C=O) groups excluding carboxylic acids is 1. The van der Waals surface area contributed by atoms with E-state index in [1.54, 1.807) is 6.07 Å². The molecule has 1 unspecified atom stereocenters. The molecule has 1 heterocycles. The van der Waals surface area contributed by atoms with E-state index in [1.165, 1.54) is 6.26 Å². The number of benzene rings is 1. The normalized spacial score (nSPS) is 11.4. The van der Waals surface area contributed by atoms with Crippen LogP contribution in [0.1, 0.15) is 29.5 Å². The molecule has 0 saturated heterocycles. The van der Waals surface area contributed by atoms with Crippen molar-refractivity contribution in [2.75, 3.05) is 6.54 Å². The smallest absolute Gasteiger partial charge is 0.287 e. The van der Waals surface area contributed by atoms with Gasteiger partial charge in [0.15, 0.2) is 5.76 Å². The van der Waals surface area contributed by atoms with Gasteiger partial charge in [0.1, 0.15) is 12.4 Å². The highest BCUT2D eigenvalue weighted by molar-refractivity contribution is 5.92. The summed E-state index contributed by atoms with van der Waals surface area (Å²) < 4.78 is 10.9. The van der Waals surface area contributed by atoms with E-state index >= 15 is 0 Å². The van der Waals surface area contributed by atoms with Gasteiger partial charge in [-0.3, -0.25) is 4.79 Å². The quantitative estimate of drug-likeness (QED) is 0.821. The second-order valence-electron chi connectivity index (χ2n) is 4.90. The summed E-state index contributed by atoms with van der Waals surface area (Å²) in [5.41, 5.74) is 6.36. The van der Waals surface area contributed by atoms with Gasteiger partial charge in [-0.05, 0) is 31.5 Å². The number of hydrogen-bond donors (Lipinski definition) is 2. The van der Waals surface area contributed by atoms with Crippen LogP contribution in [0.5, 0.6) is 5.75 Å². The van der Waals surface area contributed by atoms with E-state index in [9.17, 15) is 4.79 Å². The Morgan fingerprint density at radius 2 is 2.05 bits per heavy atom. The number of ether oxygens (including phenoxy) is 1. The van der Waals surface area contributed by atoms with Gasteiger partial charge >= 0.3 is 0 Å². The third-order valence-electron chi connectivity index (χ3n) is 2.98. The number of carbonyl (C=O) groups is 1. The number of nitrogens with one attached hydrogen (secondary N) is 1. The van der Waals surface area contributed by atoms with Crippen LogP contribution in [0, 0.1) is 0 Å². The average molecular weight is 325 g/mol. The van der Waals surface area contributed by atoms with Crippen molar-refractivity contribution >= 4 is 18.3 Å². The molecule has 0 saturated carbocycles. The van der Waals surface area contributed by atoms with E-state index in [0.29, 0.717) is 6.54 Å². The summed E-state index contributed by atoms with van der Waals surface area (Å²) in [7, 11) is 0. The highest BCUT2D eigenvalue weighted by Gasteiger charge is 2.15. The minimum absolute atomic E-state index is 0. The zero-order chi connectivity index (χ0) is 15.1. The van der Waals surface area contributed by atoms with Crippen LogP contribution >= 0.6 is 12.4 Å². The number of nitrogens with two attached hydrogens (primary N) is 1. The molecule has 0 bridgehead atoms. The molecule has 5 nitrogen and oxygen atoms in total. The standard InChI is InChI=1S/C16H20N2O3.ClH/c1-12(17)7-9-18-16(19)15-13(8-10-20-15)11-21-14-5-3-2-4-6-14;/h2-6,8,10,12H,7,9,11,17H2,1H3,(H,18,19);1H. The lowest BCUT2D eigenvalue weighted by Gasteiger charge is -2.08. The Kier molecular flexibility index (Phi) is 7.49. The molecule has 2 rings (SSSR count). The molecule has 0 aliphatic carbocycles. The zero-order valence-electron chi connectivity index (χ0n) is 12.5. The summed E-state index contributed by atoms with van der Waals surface area (Å²) in [5, 5.41) is 2.79. The van der Waals surface area contributed by atoms with E-state index in [0.717, 1.165) is 17.7 Å². The van der Waals surface area contributed by atoms with Crippen LogP contribution in [0.4, 0.5) is 0 Å². The second-order valence-corrected chi connectivity index (χ2v) is 4.90. The number of furan rings is 1. The Labute approximate surface area is 136 Å². The molecule has 1 aromatic carbocycles. The lowest BCUT2D eigenvalue weighted by Crippen LogP contribution is -2.29. The van der Waals surface area contributed by atoms with Crippen molar-refractivity contribution in [2.24, 2.45) is 5.73 Å². The van der Waals surface area contributed by atoms with E-state index < -0.39 is 0 Å². The van der Waals surface area contributed by atoms with Crippen LogP contribution < -0.4 is 15.8 Å². The lowest BCUT2D eigenvalue weighted by molar-refractivity contribution is 0.0921. The maximum atomic E-state index is 12.0. The molecule has 0 fully saturated rings. The first-order chi connectivity index (χ1) is 10.2. The lowest BCUT2D eigenvalue weighted by atomic mass is 10.2. The highest BCUT2D eigenvalue weighted by Crippen LogP contribution is 2.15. The summed E-state index contributed by atoms with van der Waals surface area (Å²) >= 11 is 0. The topological polar surface area (TPSA) is 77.5 Å². The number of rotatable bonds is 7. The van der Waals surface area contributed by atoms with E-state index in [-0.39, 0.29) is 36.7 Å². The van der Waals surface area contributed by atoms with Gasteiger partial charge in [0.25, 0.3) is 5.91 Å². The Morgan fingerprint density at radius 3 is 2.73 bits per heavy atom. The minimum Gasteiger partial charge on any atom is -0.489 e. The SMILES string of the molecule is CC(N)CCNC(=O)c1occc1COc1ccccc1.Cl. The van der Waals surface area contributed by atoms with Crippen molar-refractivity contribution in [3.05, 3.63) is 54.0 Å². The largest absolute Gasteiger partial charge is 0.489 e. The predicted octanol–water partition coefficient (Wildman–Crippen LogP) is 2.75.